The van der Waals surface area contributed by atoms with Crippen molar-refractivity contribution < 1.29 is 75.9 Å². The number of methoxy groups -OCH3 is 2. The smallest absolute Gasteiger partial charge is 0.371 e. The summed E-state index contributed by atoms with van der Waals surface area (Å²) < 4.78 is 42.9. The van der Waals surface area contributed by atoms with Crippen LogP contribution in [0.25, 0.3) is 33.4 Å². The van der Waals surface area contributed by atoms with Gasteiger partial charge in [-0.1, -0.05) is 166 Å². The zero-order valence-corrected chi connectivity index (χ0v) is 53.1. The minimum absolute atomic E-state index is 0. The Bertz CT molecular complexity index is 3890. The van der Waals surface area contributed by atoms with E-state index in [1.165, 1.54) is 26.4 Å². The van der Waals surface area contributed by atoms with Crippen LogP contribution in [0.15, 0.2) is 213 Å². The van der Waals surface area contributed by atoms with Gasteiger partial charge in [-0.05, 0) is 145 Å². The molecule has 3 aliphatic rings. The maximum atomic E-state index is 12.6. The molecule has 3 aromatic heterocycles. The number of hydrogen-bond acceptors (Lipinski definition) is 15. The van der Waals surface area contributed by atoms with Gasteiger partial charge in [0.25, 0.3) is 11.8 Å². The summed E-state index contributed by atoms with van der Waals surface area (Å²) in [5.41, 5.74) is 9.66. The number of esters is 2. The third-order valence-corrected chi connectivity index (χ3v) is 16.4. The van der Waals surface area contributed by atoms with Crippen LogP contribution < -0.4 is 30.6 Å². The molecule has 0 bridgehead atoms. The number of nitrogens with two attached hydrogens (primary N) is 1. The van der Waals surface area contributed by atoms with E-state index in [1.54, 1.807) is 24.3 Å². The maximum Gasteiger partial charge on any atom is 0.371 e. The van der Waals surface area contributed by atoms with Crippen LogP contribution in [0.3, 0.4) is 0 Å². The predicted molar refractivity (Wildman–Crippen MR) is 353 cm³/mol. The van der Waals surface area contributed by atoms with Gasteiger partial charge in [0.1, 0.15) is 71.0 Å². The van der Waals surface area contributed by atoms with Crippen molar-refractivity contribution in [3.63, 3.8) is 0 Å². The van der Waals surface area contributed by atoms with Crippen molar-refractivity contribution in [2.75, 3.05) is 14.2 Å². The first-order valence-electron chi connectivity index (χ1n) is 30.7. The summed E-state index contributed by atoms with van der Waals surface area (Å²) in [6.07, 6.45) is 8.97. The molecule has 3 saturated carbocycles. The van der Waals surface area contributed by atoms with Crippen molar-refractivity contribution >= 4 is 48.1 Å². The van der Waals surface area contributed by atoms with Crippen LogP contribution in [0.1, 0.15) is 126 Å². The van der Waals surface area contributed by atoms with Gasteiger partial charge in [0.2, 0.25) is 5.76 Å². The molecule has 2 amide bonds. The molecule has 490 valence electrons. The van der Waals surface area contributed by atoms with Gasteiger partial charge < -0.3 is 63.5 Å². The van der Waals surface area contributed by atoms with Crippen molar-refractivity contribution in [2.45, 2.75) is 113 Å². The molecule has 12 rings (SSSR count). The average molecular weight is 1300 g/mol. The lowest BCUT2D eigenvalue weighted by Gasteiger charge is -2.26. The number of rotatable bonds is 20. The molecule has 94 heavy (non-hydrogen) atoms. The number of carboxylic acid groups (broad SMARTS) is 2. The van der Waals surface area contributed by atoms with Crippen LogP contribution in [0, 0.1) is 0 Å². The SMILES string of the molecule is COC(=O)C1(N)CCCC1.COC(=O)C1(NC(=O)c2ccc(COc3ccc(-c4ccccc4)cc3)o2)CCCC1.Cl.O=C(NC1(C(=O)O)CCCC1)c1ccc(COc2ccc(-c3ccccc3)cc2)o1.O=C(O)c1ccc(COc2ccc(-c3ccccc3)cc2)o1. The second-order valence-corrected chi connectivity index (χ2v) is 22.8. The van der Waals surface area contributed by atoms with Gasteiger partial charge in [0, 0.05) is 0 Å². The summed E-state index contributed by atoms with van der Waals surface area (Å²) in [6.45, 7) is 0.556. The fourth-order valence-electron chi connectivity index (χ4n) is 11.2. The van der Waals surface area contributed by atoms with Crippen LogP contribution >= 0.6 is 12.4 Å². The summed E-state index contributed by atoms with van der Waals surface area (Å²) in [5, 5.41) is 23.8. The molecular weight excluding hydrogens is 1220 g/mol. The van der Waals surface area contributed by atoms with E-state index >= 15 is 0 Å². The maximum absolute atomic E-state index is 12.6. The summed E-state index contributed by atoms with van der Waals surface area (Å²) in [5.74, 6) is 0.0375. The number of halogens is 1. The minimum Gasteiger partial charge on any atom is -0.486 e. The summed E-state index contributed by atoms with van der Waals surface area (Å²) >= 11 is 0. The van der Waals surface area contributed by atoms with Gasteiger partial charge in [-0.3, -0.25) is 14.4 Å². The molecular formula is C74H76ClN3O16. The van der Waals surface area contributed by atoms with Gasteiger partial charge in [-0.25, -0.2) is 14.4 Å². The summed E-state index contributed by atoms with van der Waals surface area (Å²) in [4.78, 5) is 70.6. The monoisotopic (exact) mass is 1300 g/mol. The van der Waals surface area contributed by atoms with Gasteiger partial charge in [-0.15, -0.1) is 12.4 Å². The largest absolute Gasteiger partial charge is 0.486 e. The number of ether oxygens (including phenoxy) is 5. The van der Waals surface area contributed by atoms with E-state index in [2.05, 4.69) is 27.5 Å². The molecule has 0 spiro atoms. The second-order valence-electron chi connectivity index (χ2n) is 22.8. The molecule has 19 nitrogen and oxygen atoms in total. The van der Waals surface area contributed by atoms with E-state index < -0.39 is 46.3 Å². The van der Waals surface area contributed by atoms with Crippen molar-refractivity contribution in [1.29, 1.82) is 0 Å². The van der Waals surface area contributed by atoms with Crippen LogP contribution in [-0.2, 0) is 43.7 Å². The topological polar surface area (TPSA) is 279 Å². The van der Waals surface area contributed by atoms with E-state index in [0.29, 0.717) is 60.2 Å². The second kappa shape index (κ2) is 33.3. The lowest BCUT2D eigenvalue weighted by Crippen LogP contribution is -2.53. The molecule has 6 aromatic carbocycles. The first kappa shape index (κ1) is 69.5. The fourth-order valence-corrected chi connectivity index (χ4v) is 11.2. The Balaban J connectivity index is 0.000000169. The van der Waals surface area contributed by atoms with E-state index in [9.17, 15) is 33.9 Å². The first-order valence-corrected chi connectivity index (χ1v) is 30.7. The number of aromatic carboxylic acids is 1. The van der Waals surface area contributed by atoms with Gasteiger partial charge in [0.15, 0.2) is 11.5 Å². The molecule has 0 saturated heterocycles. The van der Waals surface area contributed by atoms with Crippen LogP contribution in [0.4, 0.5) is 0 Å². The van der Waals surface area contributed by atoms with Crippen molar-refractivity contribution in [1.82, 2.24) is 10.6 Å². The van der Waals surface area contributed by atoms with Crippen molar-refractivity contribution in [3.8, 4) is 50.6 Å². The number of hydrogen-bond donors (Lipinski definition) is 5. The Morgan fingerprint density at radius 3 is 1.01 bits per heavy atom. The fraction of sp³-hybridized carbons (Fsp3) is 0.270. The number of amides is 2. The standard InChI is InChI=1S/C25H25NO5.C24H23NO5.C18H14O4.C7H13NO2.ClH/c1-29-24(28)25(15-5-6-16-25)26-23(27)22-14-13-21(31-22)17-30-20-11-9-19(10-12-20)18-7-3-2-4-8-18;26-22(25-24(23(27)28)14-4-5-15-24)21-13-12-20(30-21)16-29-19-10-8-18(9-11-19)17-6-2-1-3-7-17;19-18(20)17-11-10-16(22-17)12-21-15-8-6-14(7-9-15)13-4-2-1-3-5-13;1-10-6(9)7(8)4-2-3-5-7;/h2-4,7-14H,5-6,15-17H2,1H3,(H,26,27);1-3,6-13H,4-5,14-16H2,(H,25,26)(H,27,28);1-11H,12H2,(H,19,20);2-5,8H2,1H3;1H. The van der Waals surface area contributed by atoms with Gasteiger partial charge >= 0.3 is 23.9 Å². The van der Waals surface area contributed by atoms with Crippen LogP contribution in [0.2, 0.25) is 0 Å². The molecule has 3 aliphatic carbocycles. The first-order chi connectivity index (χ1) is 45.1. The lowest BCUT2D eigenvalue weighted by molar-refractivity contribution is -0.148. The summed E-state index contributed by atoms with van der Waals surface area (Å²) in [7, 11) is 2.72. The van der Waals surface area contributed by atoms with E-state index in [-0.39, 0.29) is 55.5 Å². The Labute approximate surface area is 550 Å². The predicted octanol–water partition coefficient (Wildman–Crippen LogP) is 14.5. The van der Waals surface area contributed by atoms with Crippen molar-refractivity contribution in [3.05, 3.63) is 235 Å². The zero-order chi connectivity index (χ0) is 65.6. The average Bonchev–Trinajstić information content (AvgIpc) is 1.70. The quantitative estimate of drug-likeness (QED) is 0.0443. The van der Waals surface area contributed by atoms with E-state index in [4.69, 9.17) is 43.0 Å². The number of carbonyl (C=O) groups excluding carboxylic acids is 4. The van der Waals surface area contributed by atoms with Crippen molar-refractivity contribution in [2.24, 2.45) is 5.73 Å². The highest BCUT2D eigenvalue weighted by molar-refractivity contribution is 5.97. The van der Waals surface area contributed by atoms with E-state index in [1.807, 2.05) is 152 Å². The zero-order valence-electron chi connectivity index (χ0n) is 52.3. The molecule has 6 N–H and O–H groups in total. The Morgan fingerprint density at radius 2 is 0.691 bits per heavy atom. The number of furan rings is 3. The summed E-state index contributed by atoms with van der Waals surface area (Å²) in [6, 6.07) is 63.0. The molecule has 9 aromatic rings. The number of carboxylic acids is 2. The number of nitrogens with one attached hydrogen (secondary N) is 2. The highest BCUT2D eigenvalue weighted by Gasteiger charge is 2.45. The van der Waals surface area contributed by atoms with E-state index in [0.717, 1.165) is 84.7 Å². The highest BCUT2D eigenvalue weighted by atomic mass is 35.5. The molecule has 3 fully saturated rings. The van der Waals surface area contributed by atoms with Crippen LogP contribution in [0.5, 0.6) is 17.2 Å². The molecule has 0 atom stereocenters. The number of benzene rings is 6. The number of carbonyl (C=O) groups is 6. The third-order valence-electron chi connectivity index (χ3n) is 16.4. The molecule has 3 heterocycles. The molecule has 0 unspecified atom stereocenters. The number of aliphatic carboxylic acids is 1. The third kappa shape index (κ3) is 18.7. The van der Waals surface area contributed by atoms with Gasteiger partial charge in [-0.2, -0.15) is 0 Å². The Morgan fingerprint density at radius 1 is 0.394 bits per heavy atom. The van der Waals surface area contributed by atoms with Gasteiger partial charge in [0.05, 0.1) is 14.2 Å². The lowest BCUT2D eigenvalue weighted by atomic mass is 9.97. The minimum atomic E-state index is -1.19. The molecule has 0 radical (unpaired) electrons. The Kier molecular flexibility index (Phi) is 24.6. The highest BCUT2D eigenvalue weighted by Crippen LogP contribution is 2.34. The Hall–Kier alpha value is -10.4. The molecule has 0 aliphatic heterocycles. The molecule has 20 heteroatoms. The van der Waals surface area contributed by atoms with Crippen LogP contribution in [-0.4, -0.2) is 76.7 Å². The normalized spacial score (nSPS) is 14.5.